The van der Waals surface area contributed by atoms with Crippen LogP contribution in [-0.2, 0) is 0 Å². The van der Waals surface area contributed by atoms with Crippen molar-refractivity contribution >= 4 is 16.8 Å². The average molecular weight is 296 g/mol. The average Bonchev–Trinajstić information content (AvgIpc) is 2.97. The van der Waals surface area contributed by atoms with Crippen LogP contribution in [0.2, 0.25) is 0 Å². The largest absolute Gasteiger partial charge is 0.351 e. The number of hydrogen-bond acceptors (Lipinski definition) is 1. The Morgan fingerprint density at radius 1 is 1.14 bits per heavy atom. The van der Waals surface area contributed by atoms with E-state index in [-0.39, 0.29) is 17.8 Å². The number of H-pyrrole nitrogens is 1. The summed E-state index contributed by atoms with van der Waals surface area (Å²) in [5, 5.41) is 1.01. The molecule has 112 valence electrons. The third kappa shape index (κ3) is 2.60. The first-order chi connectivity index (χ1) is 10.6. The van der Waals surface area contributed by atoms with Crippen LogP contribution < -0.4 is 0 Å². The van der Waals surface area contributed by atoms with Crippen molar-refractivity contribution in [1.29, 1.82) is 0 Å². The summed E-state index contributed by atoms with van der Waals surface area (Å²) >= 11 is 0. The van der Waals surface area contributed by atoms with Crippen LogP contribution in [0.4, 0.5) is 4.39 Å². The number of para-hydroxylation sites is 1. The van der Waals surface area contributed by atoms with Gasteiger partial charge < -0.3 is 9.88 Å². The van der Waals surface area contributed by atoms with Crippen LogP contribution in [-0.4, -0.2) is 22.8 Å². The van der Waals surface area contributed by atoms with Crippen molar-refractivity contribution in [3.05, 3.63) is 71.7 Å². The molecule has 0 fully saturated rings. The lowest BCUT2D eigenvalue weighted by Gasteiger charge is -2.25. The molecule has 0 aliphatic carbocycles. The fraction of sp³-hybridized carbons (Fsp3) is 0.167. The molecule has 0 radical (unpaired) electrons. The van der Waals surface area contributed by atoms with Gasteiger partial charge in [-0.3, -0.25) is 4.79 Å². The van der Waals surface area contributed by atoms with E-state index < -0.39 is 0 Å². The maximum absolute atomic E-state index is 13.0. The van der Waals surface area contributed by atoms with E-state index in [0.717, 1.165) is 16.5 Å². The summed E-state index contributed by atoms with van der Waals surface area (Å²) in [6, 6.07) is 15.7. The topological polar surface area (TPSA) is 36.1 Å². The minimum absolute atomic E-state index is 0.0898. The fourth-order valence-corrected chi connectivity index (χ4v) is 2.52. The summed E-state index contributed by atoms with van der Waals surface area (Å²) in [6.45, 7) is 1.92. The molecule has 3 nitrogen and oxygen atoms in total. The molecular weight excluding hydrogens is 279 g/mol. The molecule has 1 aromatic heterocycles. The Hall–Kier alpha value is -2.62. The first-order valence-corrected chi connectivity index (χ1v) is 7.16. The Kier molecular flexibility index (Phi) is 3.67. The number of halogens is 1. The maximum atomic E-state index is 13.0. The second-order valence-electron chi connectivity index (χ2n) is 5.41. The van der Waals surface area contributed by atoms with Gasteiger partial charge in [0, 0.05) is 18.0 Å². The summed E-state index contributed by atoms with van der Waals surface area (Å²) in [5.41, 5.74) is 2.39. The Labute approximate surface area is 128 Å². The summed E-state index contributed by atoms with van der Waals surface area (Å²) < 4.78 is 13.0. The highest BCUT2D eigenvalue weighted by Gasteiger charge is 2.20. The molecule has 1 amide bonds. The van der Waals surface area contributed by atoms with Crippen LogP contribution in [0, 0.1) is 5.82 Å². The molecule has 1 unspecified atom stereocenters. The van der Waals surface area contributed by atoms with Crippen molar-refractivity contribution in [3.63, 3.8) is 0 Å². The lowest BCUT2D eigenvalue weighted by atomic mass is 10.1. The van der Waals surface area contributed by atoms with Gasteiger partial charge in [-0.2, -0.15) is 0 Å². The number of carbonyl (C=O) groups is 1. The monoisotopic (exact) mass is 296 g/mol. The van der Waals surface area contributed by atoms with Crippen molar-refractivity contribution in [2.75, 3.05) is 7.05 Å². The van der Waals surface area contributed by atoms with E-state index in [0.29, 0.717) is 5.69 Å². The zero-order valence-corrected chi connectivity index (χ0v) is 12.5. The van der Waals surface area contributed by atoms with E-state index in [4.69, 9.17) is 0 Å². The van der Waals surface area contributed by atoms with E-state index in [1.54, 1.807) is 24.1 Å². The molecule has 0 saturated heterocycles. The van der Waals surface area contributed by atoms with Crippen molar-refractivity contribution < 1.29 is 9.18 Å². The minimum Gasteiger partial charge on any atom is -0.351 e. The molecule has 3 rings (SSSR count). The first-order valence-electron chi connectivity index (χ1n) is 7.16. The standard InChI is InChI=1S/C18H17FN2O/c1-12(13-7-9-15(19)10-8-13)21(2)18(22)17-11-14-5-3-4-6-16(14)20-17/h3-12,20H,1-2H3. The van der Waals surface area contributed by atoms with Crippen molar-refractivity contribution in [2.45, 2.75) is 13.0 Å². The minimum atomic E-state index is -0.277. The van der Waals surface area contributed by atoms with E-state index in [2.05, 4.69) is 4.98 Å². The highest BCUT2D eigenvalue weighted by molar-refractivity contribution is 5.98. The van der Waals surface area contributed by atoms with E-state index in [1.807, 2.05) is 37.3 Å². The summed E-state index contributed by atoms with van der Waals surface area (Å²) in [5.74, 6) is -0.367. The van der Waals surface area contributed by atoms with Crippen molar-refractivity contribution in [1.82, 2.24) is 9.88 Å². The smallest absolute Gasteiger partial charge is 0.270 e. The first kappa shape index (κ1) is 14.3. The molecule has 2 aromatic carbocycles. The summed E-state index contributed by atoms with van der Waals surface area (Å²) in [6.07, 6.45) is 0. The van der Waals surface area contributed by atoms with E-state index >= 15 is 0 Å². The van der Waals surface area contributed by atoms with E-state index in [9.17, 15) is 9.18 Å². The maximum Gasteiger partial charge on any atom is 0.270 e. The number of aromatic amines is 1. The summed E-state index contributed by atoms with van der Waals surface area (Å²) in [7, 11) is 1.75. The number of carbonyl (C=O) groups excluding carboxylic acids is 1. The van der Waals surface area contributed by atoms with Gasteiger partial charge in [-0.05, 0) is 36.8 Å². The lowest BCUT2D eigenvalue weighted by Crippen LogP contribution is -2.29. The van der Waals surface area contributed by atoms with Crippen LogP contribution in [0.25, 0.3) is 10.9 Å². The number of benzene rings is 2. The van der Waals surface area contributed by atoms with E-state index in [1.165, 1.54) is 12.1 Å². The number of nitrogens with one attached hydrogen (secondary N) is 1. The van der Waals surface area contributed by atoms with Crippen LogP contribution in [0.3, 0.4) is 0 Å². The molecule has 22 heavy (non-hydrogen) atoms. The second-order valence-corrected chi connectivity index (χ2v) is 5.41. The zero-order valence-electron chi connectivity index (χ0n) is 12.5. The van der Waals surface area contributed by atoms with Gasteiger partial charge in [0.25, 0.3) is 5.91 Å². The molecule has 4 heteroatoms. The molecular formula is C18H17FN2O. The fourth-order valence-electron chi connectivity index (χ4n) is 2.52. The number of rotatable bonds is 3. The molecule has 1 atom stereocenters. The third-order valence-corrected chi connectivity index (χ3v) is 4.01. The lowest BCUT2D eigenvalue weighted by molar-refractivity contribution is 0.0737. The summed E-state index contributed by atoms with van der Waals surface area (Å²) in [4.78, 5) is 17.4. The predicted molar refractivity (Wildman–Crippen MR) is 85.2 cm³/mol. The Balaban J connectivity index is 1.85. The van der Waals surface area contributed by atoms with Gasteiger partial charge in [-0.1, -0.05) is 30.3 Å². The second kappa shape index (κ2) is 5.64. The van der Waals surface area contributed by atoms with Gasteiger partial charge in [-0.25, -0.2) is 4.39 Å². The highest BCUT2D eigenvalue weighted by Crippen LogP contribution is 2.22. The molecule has 0 saturated carbocycles. The van der Waals surface area contributed by atoms with Crippen LogP contribution in [0.5, 0.6) is 0 Å². The predicted octanol–water partition coefficient (Wildman–Crippen LogP) is 4.14. The zero-order chi connectivity index (χ0) is 15.7. The van der Waals surface area contributed by atoms with Crippen LogP contribution in [0.15, 0.2) is 54.6 Å². The number of nitrogens with zero attached hydrogens (tertiary/aromatic N) is 1. The highest BCUT2D eigenvalue weighted by atomic mass is 19.1. The normalized spacial score (nSPS) is 12.3. The molecule has 1 heterocycles. The van der Waals surface area contributed by atoms with Crippen molar-refractivity contribution in [3.8, 4) is 0 Å². The molecule has 0 aliphatic rings. The Morgan fingerprint density at radius 2 is 1.82 bits per heavy atom. The molecule has 0 bridgehead atoms. The molecule has 0 spiro atoms. The van der Waals surface area contributed by atoms with Gasteiger partial charge in [0.05, 0.1) is 6.04 Å². The van der Waals surface area contributed by atoms with Gasteiger partial charge in [-0.15, -0.1) is 0 Å². The van der Waals surface area contributed by atoms with Crippen molar-refractivity contribution in [2.24, 2.45) is 0 Å². The third-order valence-electron chi connectivity index (χ3n) is 4.01. The Bertz CT molecular complexity index is 774. The molecule has 1 N–H and O–H groups in total. The molecule has 0 aliphatic heterocycles. The number of amides is 1. The SMILES string of the molecule is CC(c1ccc(F)cc1)N(C)C(=O)c1cc2ccccc2[nH]1. The van der Waals surface area contributed by atoms with Crippen LogP contribution >= 0.6 is 0 Å². The number of aromatic nitrogens is 1. The molecule has 3 aromatic rings. The van der Waals surface area contributed by atoms with Crippen LogP contribution in [0.1, 0.15) is 29.0 Å². The Morgan fingerprint density at radius 3 is 2.50 bits per heavy atom. The van der Waals surface area contributed by atoms with Gasteiger partial charge in [0.2, 0.25) is 0 Å². The number of fused-ring (bicyclic) bond motifs is 1. The van der Waals surface area contributed by atoms with Gasteiger partial charge in [0.1, 0.15) is 11.5 Å². The quantitative estimate of drug-likeness (QED) is 0.774. The van der Waals surface area contributed by atoms with Gasteiger partial charge >= 0.3 is 0 Å². The van der Waals surface area contributed by atoms with Gasteiger partial charge in [0.15, 0.2) is 0 Å². The number of hydrogen-bond donors (Lipinski definition) is 1.